The highest BCUT2D eigenvalue weighted by atomic mass is 19.4. The summed E-state index contributed by atoms with van der Waals surface area (Å²) in [5, 5.41) is 10.2. The van der Waals surface area contributed by atoms with Crippen molar-refractivity contribution in [3.63, 3.8) is 0 Å². The zero-order valence-corrected chi connectivity index (χ0v) is 23.3. The maximum atomic E-state index is 14.1. The van der Waals surface area contributed by atoms with Crippen molar-refractivity contribution < 1.29 is 46.7 Å². The zero-order valence-electron chi connectivity index (χ0n) is 23.3. The number of amidine groups is 1. The summed E-state index contributed by atoms with van der Waals surface area (Å²) in [6, 6.07) is 13.6. The number of hydrazine groups is 1. The van der Waals surface area contributed by atoms with E-state index in [4.69, 9.17) is 20.6 Å². The van der Waals surface area contributed by atoms with Crippen molar-refractivity contribution in [3.05, 3.63) is 89.0 Å². The van der Waals surface area contributed by atoms with E-state index in [-0.39, 0.29) is 57.4 Å². The van der Waals surface area contributed by atoms with Crippen LogP contribution in [0.15, 0.2) is 66.7 Å². The summed E-state index contributed by atoms with van der Waals surface area (Å²) in [6.45, 7) is 3.88. The summed E-state index contributed by atoms with van der Waals surface area (Å²) < 4.78 is 51.3. The number of hydrogen-bond acceptors (Lipinski definition) is 9. The van der Waals surface area contributed by atoms with Crippen molar-refractivity contribution in [2.45, 2.75) is 26.1 Å². The van der Waals surface area contributed by atoms with Gasteiger partial charge in [-0.2, -0.15) is 13.2 Å². The predicted molar refractivity (Wildman–Crippen MR) is 149 cm³/mol. The van der Waals surface area contributed by atoms with Gasteiger partial charge in [-0.3, -0.25) is 19.8 Å². The zero-order chi connectivity index (χ0) is 32.2. The summed E-state index contributed by atoms with van der Waals surface area (Å²) >= 11 is 0. The number of nitrogens with zero attached hydrogens (tertiary/aromatic N) is 2. The molecule has 3 amide bonds. The summed E-state index contributed by atoms with van der Waals surface area (Å²) in [6.07, 6.45) is -5.59. The fraction of sp³-hybridized carbons (Fsp3) is 0.207. The number of carbonyl (C=O) groups is 4. The molecule has 0 fully saturated rings. The van der Waals surface area contributed by atoms with Crippen molar-refractivity contribution in [1.82, 2.24) is 10.2 Å². The van der Waals surface area contributed by atoms with Gasteiger partial charge in [0.05, 0.1) is 24.3 Å². The molecule has 1 aliphatic rings. The van der Waals surface area contributed by atoms with Crippen LogP contribution < -0.4 is 20.5 Å². The lowest BCUT2D eigenvalue weighted by Gasteiger charge is -2.31. The normalized spacial score (nSPS) is 13.2. The lowest BCUT2D eigenvalue weighted by atomic mass is 10.0. The van der Waals surface area contributed by atoms with Gasteiger partial charge in [-0.05, 0) is 67.9 Å². The highest BCUT2D eigenvalue weighted by Gasteiger charge is 2.50. The Hall–Kier alpha value is -5.60. The molecule has 0 radical (unpaired) electrons. The first-order valence-electron chi connectivity index (χ1n) is 13.1. The molecule has 44 heavy (non-hydrogen) atoms. The number of carbonyl (C=O) groups excluding carboxylic acids is 4. The van der Waals surface area contributed by atoms with Gasteiger partial charge < -0.3 is 25.4 Å². The molecular weight excluding hydrogens is 587 g/mol. The van der Waals surface area contributed by atoms with Crippen molar-refractivity contribution in [2.75, 3.05) is 18.5 Å². The Bertz CT molecular complexity index is 1580. The van der Waals surface area contributed by atoms with Crippen molar-refractivity contribution >= 4 is 35.2 Å². The van der Waals surface area contributed by atoms with E-state index in [0.717, 1.165) is 0 Å². The summed E-state index contributed by atoms with van der Waals surface area (Å²) in [4.78, 5) is 57.0. The van der Waals surface area contributed by atoms with E-state index in [1.165, 1.54) is 66.7 Å². The second kappa shape index (κ2) is 12.7. The molecule has 0 bridgehead atoms. The van der Waals surface area contributed by atoms with Gasteiger partial charge in [0.2, 0.25) is 0 Å². The van der Waals surface area contributed by atoms with E-state index in [1.54, 1.807) is 13.8 Å². The average Bonchev–Trinajstić information content (AvgIpc) is 3.24. The first kappa shape index (κ1) is 31.3. The van der Waals surface area contributed by atoms with E-state index >= 15 is 0 Å². The largest absolute Gasteiger partial charge is 0.493 e. The Labute approximate surface area is 248 Å². The third kappa shape index (κ3) is 6.40. The Kier molecular flexibility index (Phi) is 9.06. The Balaban J connectivity index is 1.84. The van der Waals surface area contributed by atoms with Crippen LogP contribution in [0.4, 0.5) is 18.9 Å². The summed E-state index contributed by atoms with van der Waals surface area (Å²) in [5.74, 6) is -6.45. The lowest BCUT2D eigenvalue weighted by Crippen LogP contribution is -2.54. The molecule has 1 aliphatic heterocycles. The first-order chi connectivity index (χ1) is 20.9. The van der Waals surface area contributed by atoms with Crippen molar-refractivity contribution in [1.29, 1.82) is 5.41 Å². The number of nitrogens with two attached hydrogens (primary N) is 1. The van der Waals surface area contributed by atoms with Gasteiger partial charge in [0.1, 0.15) is 11.9 Å². The molecule has 1 atom stereocenters. The Morgan fingerprint density at radius 2 is 1.50 bits per heavy atom. The molecule has 4 rings (SSSR count). The van der Waals surface area contributed by atoms with Crippen LogP contribution in [0.1, 0.15) is 51.7 Å². The second-order valence-corrected chi connectivity index (χ2v) is 9.10. The molecule has 0 spiro atoms. The Morgan fingerprint density at radius 1 is 0.932 bits per heavy atom. The number of nitrogens with one attached hydrogen (secondary N) is 2. The number of amides is 3. The topological polar surface area (TPSA) is 164 Å². The highest BCUT2D eigenvalue weighted by molar-refractivity contribution is 6.21. The lowest BCUT2D eigenvalue weighted by molar-refractivity contribution is -0.263. The standard InChI is InChI=1S/C29H26F3N5O7/c1-3-42-21-14-11-17(15-22(21)43-4-2)23(35-18-12-9-16(10-13-18)24(33)34)27(40)37(44-28(41)29(30,31)32)36-25(38)19-7-5-6-8-20(19)26(36)39/h5-15,23,35H,3-4H2,1-2H3,(H3,33,34). The van der Waals surface area contributed by atoms with Gasteiger partial charge in [0.15, 0.2) is 11.5 Å². The molecule has 15 heteroatoms. The number of fused-ring (bicyclic) bond motifs is 1. The molecule has 1 heterocycles. The minimum atomic E-state index is -5.59. The quantitative estimate of drug-likeness (QED) is 0.133. The summed E-state index contributed by atoms with van der Waals surface area (Å²) in [5.41, 5.74) is 5.69. The minimum Gasteiger partial charge on any atom is -0.490 e. The van der Waals surface area contributed by atoms with E-state index in [2.05, 4.69) is 10.2 Å². The fourth-order valence-corrected chi connectivity index (χ4v) is 4.21. The van der Waals surface area contributed by atoms with Crippen LogP contribution in [-0.4, -0.2) is 59.1 Å². The monoisotopic (exact) mass is 613 g/mol. The molecule has 3 aromatic rings. The SMILES string of the molecule is CCOc1ccc(C(Nc2ccc(C(=N)N)cc2)C(=O)N(OC(=O)C(F)(F)F)N2C(=O)c3ccccc3C2=O)cc1OCC. The van der Waals surface area contributed by atoms with Crippen LogP contribution in [0, 0.1) is 5.41 Å². The van der Waals surface area contributed by atoms with Crippen LogP contribution in [0.25, 0.3) is 0 Å². The minimum absolute atomic E-state index is 0.0299. The average molecular weight is 614 g/mol. The van der Waals surface area contributed by atoms with Crippen LogP contribution in [-0.2, 0) is 14.4 Å². The van der Waals surface area contributed by atoms with Crippen LogP contribution >= 0.6 is 0 Å². The molecule has 230 valence electrons. The fourth-order valence-electron chi connectivity index (χ4n) is 4.21. The number of nitrogen functional groups attached to an aromatic ring is 1. The molecule has 12 nitrogen and oxygen atoms in total. The third-order valence-corrected chi connectivity index (χ3v) is 6.20. The number of alkyl halides is 3. The Morgan fingerprint density at radius 3 is 2.02 bits per heavy atom. The molecule has 0 saturated heterocycles. The van der Waals surface area contributed by atoms with E-state index in [0.29, 0.717) is 11.3 Å². The molecule has 0 aromatic heterocycles. The number of hydrogen-bond donors (Lipinski definition) is 3. The second-order valence-electron chi connectivity index (χ2n) is 9.10. The molecule has 3 aromatic carbocycles. The van der Waals surface area contributed by atoms with Gasteiger partial charge >= 0.3 is 18.1 Å². The van der Waals surface area contributed by atoms with Crippen LogP contribution in [0.3, 0.4) is 0 Å². The van der Waals surface area contributed by atoms with Gasteiger partial charge in [0.25, 0.3) is 11.8 Å². The summed E-state index contributed by atoms with van der Waals surface area (Å²) in [7, 11) is 0. The van der Waals surface area contributed by atoms with E-state index in [1.807, 2.05) is 0 Å². The van der Waals surface area contributed by atoms with Gasteiger partial charge in [-0.1, -0.05) is 23.4 Å². The van der Waals surface area contributed by atoms with Gasteiger partial charge in [-0.25, -0.2) is 4.79 Å². The smallest absolute Gasteiger partial charge is 0.490 e. The van der Waals surface area contributed by atoms with E-state index in [9.17, 15) is 32.3 Å². The maximum Gasteiger partial charge on any atom is 0.493 e. The maximum absolute atomic E-state index is 14.1. The van der Waals surface area contributed by atoms with Crippen LogP contribution in [0.5, 0.6) is 11.5 Å². The van der Waals surface area contributed by atoms with Gasteiger partial charge in [0, 0.05) is 11.3 Å². The molecular formula is C29H26F3N5O7. The number of hydroxylamine groups is 1. The number of rotatable bonds is 10. The first-order valence-corrected chi connectivity index (χ1v) is 13.1. The van der Waals surface area contributed by atoms with Crippen molar-refractivity contribution in [2.24, 2.45) is 5.73 Å². The third-order valence-electron chi connectivity index (χ3n) is 6.20. The molecule has 0 saturated carbocycles. The number of ether oxygens (including phenoxy) is 2. The highest BCUT2D eigenvalue weighted by Crippen LogP contribution is 2.34. The number of imide groups is 1. The molecule has 0 aliphatic carbocycles. The molecule has 1 unspecified atom stereocenters. The predicted octanol–water partition coefficient (Wildman–Crippen LogP) is 3.98. The molecule has 4 N–H and O–H groups in total. The van der Waals surface area contributed by atoms with Crippen molar-refractivity contribution in [3.8, 4) is 11.5 Å². The number of benzene rings is 3. The van der Waals surface area contributed by atoms with E-state index < -0.39 is 35.9 Å². The number of halogens is 3. The number of anilines is 1. The van der Waals surface area contributed by atoms with Gasteiger partial charge in [-0.15, -0.1) is 5.01 Å². The van der Waals surface area contributed by atoms with Crippen LogP contribution in [0.2, 0.25) is 0 Å².